The van der Waals surface area contributed by atoms with Crippen LogP contribution in [0.4, 0.5) is 0 Å². The summed E-state index contributed by atoms with van der Waals surface area (Å²) >= 11 is 1.53. The van der Waals surface area contributed by atoms with Gasteiger partial charge in [-0.1, -0.05) is 0 Å². The first-order chi connectivity index (χ1) is 5.21. The van der Waals surface area contributed by atoms with E-state index in [1.807, 2.05) is 6.92 Å². The van der Waals surface area contributed by atoms with Gasteiger partial charge in [0, 0.05) is 11.1 Å². The first kappa shape index (κ1) is 7.21. The third-order valence-electron chi connectivity index (χ3n) is 1.70. The molecule has 0 atom stereocenters. The van der Waals surface area contributed by atoms with Crippen molar-refractivity contribution in [2.24, 2.45) is 0 Å². The Kier molecular flexibility index (Phi) is 1.49. The average molecular weight is 171 g/mol. The molecule has 0 spiro atoms. The quantitative estimate of drug-likeness (QED) is 0.675. The summed E-state index contributed by atoms with van der Waals surface area (Å²) < 4.78 is 4.92. The van der Waals surface area contributed by atoms with Crippen LogP contribution in [-0.4, -0.2) is 23.3 Å². The van der Waals surface area contributed by atoms with Crippen LogP contribution in [0.2, 0.25) is 0 Å². The van der Waals surface area contributed by atoms with Crippen molar-refractivity contribution in [3.05, 3.63) is 16.1 Å². The molecule has 1 N–H and O–H groups in total. The maximum Gasteiger partial charge on any atom is 0.162 e. The number of aromatic nitrogens is 1. The van der Waals surface area contributed by atoms with Crippen molar-refractivity contribution in [3.8, 4) is 0 Å². The molecule has 0 aliphatic carbocycles. The van der Waals surface area contributed by atoms with Gasteiger partial charge < -0.3 is 9.84 Å². The highest BCUT2D eigenvalue weighted by molar-refractivity contribution is 7.11. The molecule has 0 amide bonds. The Hall–Kier alpha value is -0.450. The molecule has 1 aliphatic heterocycles. The van der Waals surface area contributed by atoms with E-state index in [9.17, 15) is 5.11 Å². The molecular weight excluding hydrogens is 162 g/mol. The van der Waals surface area contributed by atoms with E-state index < -0.39 is 5.60 Å². The average Bonchev–Trinajstić information content (AvgIpc) is 2.31. The zero-order valence-corrected chi connectivity index (χ0v) is 7.02. The molecule has 0 saturated carbocycles. The molecule has 1 aromatic heterocycles. The maximum absolute atomic E-state index is 9.72. The molecule has 1 fully saturated rings. The second-order valence-corrected chi connectivity index (χ2v) is 4.04. The van der Waals surface area contributed by atoms with Gasteiger partial charge in [-0.3, -0.25) is 0 Å². The third kappa shape index (κ3) is 1.07. The lowest BCUT2D eigenvalue weighted by Gasteiger charge is -2.34. The van der Waals surface area contributed by atoms with Crippen LogP contribution in [0.15, 0.2) is 6.20 Å². The molecule has 1 saturated heterocycles. The minimum atomic E-state index is -0.779. The highest BCUT2D eigenvalue weighted by atomic mass is 32.1. The Bertz CT molecular complexity index is 267. The van der Waals surface area contributed by atoms with Crippen molar-refractivity contribution in [2.75, 3.05) is 13.2 Å². The highest BCUT2D eigenvalue weighted by Gasteiger charge is 2.40. The number of aliphatic hydroxyl groups is 1. The lowest BCUT2D eigenvalue weighted by molar-refractivity contribution is -0.184. The molecule has 0 radical (unpaired) electrons. The number of rotatable bonds is 1. The minimum absolute atomic E-state index is 0.389. The van der Waals surface area contributed by atoms with Gasteiger partial charge in [0.25, 0.3) is 0 Å². The Balaban J connectivity index is 2.28. The zero-order valence-electron chi connectivity index (χ0n) is 6.20. The summed E-state index contributed by atoms with van der Waals surface area (Å²) in [4.78, 5) is 5.22. The number of ether oxygens (including phenoxy) is 1. The van der Waals surface area contributed by atoms with Crippen LogP contribution in [0.3, 0.4) is 0 Å². The summed E-state index contributed by atoms with van der Waals surface area (Å²) in [5, 5.41) is 10.5. The van der Waals surface area contributed by atoms with Crippen LogP contribution in [0.1, 0.15) is 9.88 Å². The van der Waals surface area contributed by atoms with Crippen molar-refractivity contribution in [1.82, 2.24) is 4.98 Å². The standard InChI is InChI=1S/C7H9NO2S/c1-5-2-8-6(11-5)7(9)3-10-4-7/h2,9H,3-4H2,1H3. The zero-order chi connectivity index (χ0) is 7.90. The lowest BCUT2D eigenvalue weighted by atomic mass is 10.0. The fourth-order valence-corrected chi connectivity index (χ4v) is 1.81. The monoisotopic (exact) mass is 171 g/mol. The number of nitrogens with zero attached hydrogens (tertiary/aromatic N) is 1. The largest absolute Gasteiger partial charge is 0.378 e. The molecular formula is C7H9NO2S. The number of aryl methyl sites for hydroxylation is 1. The summed E-state index contributed by atoms with van der Waals surface area (Å²) in [5.74, 6) is 0. The van der Waals surface area contributed by atoms with Gasteiger partial charge in [0.1, 0.15) is 5.01 Å². The predicted molar refractivity (Wildman–Crippen MR) is 41.6 cm³/mol. The van der Waals surface area contributed by atoms with Crippen molar-refractivity contribution in [3.63, 3.8) is 0 Å². The van der Waals surface area contributed by atoms with Gasteiger partial charge in [-0.25, -0.2) is 4.98 Å². The molecule has 0 unspecified atom stereocenters. The topological polar surface area (TPSA) is 42.4 Å². The number of hydrogen-bond acceptors (Lipinski definition) is 4. The van der Waals surface area contributed by atoms with Gasteiger partial charge >= 0.3 is 0 Å². The van der Waals surface area contributed by atoms with E-state index in [0.29, 0.717) is 13.2 Å². The Labute approximate surface area is 68.7 Å². The first-order valence-corrected chi connectivity index (χ1v) is 4.25. The summed E-state index contributed by atoms with van der Waals surface area (Å²) in [5.41, 5.74) is -0.779. The van der Waals surface area contributed by atoms with Gasteiger partial charge in [-0.15, -0.1) is 11.3 Å². The van der Waals surface area contributed by atoms with Gasteiger partial charge in [0.05, 0.1) is 13.2 Å². The molecule has 2 rings (SSSR count). The van der Waals surface area contributed by atoms with E-state index in [4.69, 9.17) is 4.74 Å². The molecule has 4 heteroatoms. The van der Waals surface area contributed by atoms with Crippen molar-refractivity contribution in [2.45, 2.75) is 12.5 Å². The third-order valence-corrected chi connectivity index (χ3v) is 2.81. The molecule has 11 heavy (non-hydrogen) atoms. The number of thiazole rings is 1. The van der Waals surface area contributed by atoms with E-state index >= 15 is 0 Å². The SMILES string of the molecule is Cc1cnc(C2(O)COC2)s1. The fraction of sp³-hybridized carbons (Fsp3) is 0.571. The Morgan fingerprint density at radius 3 is 2.82 bits per heavy atom. The minimum Gasteiger partial charge on any atom is -0.378 e. The second kappa shape index (κ2) is 2.27. The van der Waals surface area contributed by atoms with E-state index in [1.54, 1.807) is 6.20 Å². The molecule has 2 heterocycles. The molecule has 1 aromatic rings. The van der Waals surface area contributed by atoms with Crippen molar-refractivity contribution >= 4 is 11.3 Å². The summed E-state index contributed by atoms with van der Waals surface area (Å²) in [7, 11) is 0. The van der Waals surface area contributed by atoms with E-state index in [2.05, 4.69) is 4.98 Å². The van der Waals surface area contributed by atoms with Gasteiger partial charge in [-0.2, -0.15) is 0 Å². The maximum atomic E-state index is 9.72. The van der Waals surface area contributed by atoms with Crippen molar-refractivity contribution < 1.29 is 9.84 Å². The van der Waals surface area contributed by atoms with E-state index in [1.165, 1.54) is 11.3 Å². The molecule has 60 valence electrons. The second-order valence-electron chi connectivity index (χ2n) is 2.80. The molecule has 0 aromatic carbocycles. The van der Waals surface area contributed by atoms with Crippen LogP contribution >= 0.6 is 11.3 Å². The fourth-order valence-electron chi connectivity index (χ4n) is 0.989. The smallest absolute Gasteiger partial charge is 0.162 e. The normalized spacial score (nSPS) is 21.3. The van der Waals surface area contributed by atoms with Crippen LogP contribution in [0.5, 0.6) is 0 Å². The summed E-state index contributed by atoms with van der Waals surface area (Å²) in [6.07, 6.45) is 1.77. The van der Waals surface area contributed by atoms with Crippen LogP contribution in [0, 0.1) is 6.92 Å². The van der Waals surface area contributed by atoms with Gasteiger partial charge in [-0.05, 0) is 6.92 Å². The predicted octanol–water partition coefficient (Wildman–Crippen LogP) is 0.669. The summed E-state index contributed by atoms with van der Waals surface area (Å²) in [6, 6.07) is 0. The van der Waals surface area contributed by atoms with Crippen LogP contribution < -0.4 is 0 Å². The van der Waals surface area contributed by atoms with Gasteiger partial charge in [0.2, 0.25) is 0 Å². The van der Waals surface area contributed by atoms with Crippen LogP contribution in [-0.2, 0) is 10.3 Å². The Morgan fingerprint density at radius 2 is 2.45 bits per heavy atom. The number of hydrogen-bond donors (Lipinski definition) is 1. The Morgan fingerprint density at radius 1 is 1.73 bits per heavy atom. The van der Waals surface area contributed by atoms with E-state index in [0.717, 1.165) is 9.88 Å². The van der Waals surface area contributed by atoms with Crippen LogP contribution in [0.25, 0.3) is 0 Å². The molecule has 3 nitrogen and oxygen atoms in total. The lowest BCUT2D eigenvalue weighted by Crippen LogP contribution is -2.46. The van der Waals surface area contributed by atoms with Crippen molar-refractivity contribution in [1.29, 1.82) is 0 Å². The first-order valence-electron chi connectivity index (χ1n) is 3.44. The molecule has 1 aliphatic rings. The van der Waals surface area contributed by atoms with E-state index in [-0.39, 0.29) is 0 Å². The van der Waals surface area contributed by atoms with Gasteiger partial charge in [0.15, 0.2) is 5.60 Å². The highest BCUT2D eigenvalue weighted by Crippen LogP contribution is 2.31. The molecule has 0 bridgehead atoms. The summed E-state index contributed by atoms with van der Waals surface area (Å²) in [6.45, 7) is 2.75.